The summed E-state index contributed by atoms with van der Waals surface area (Å²) in [5.41, 5.74) is 11.3. The van der Waals surface area contributed by atoms with Gasteiger partial charge in [-0.3, -0.25) is 0 Å². The molecule has 3 rings (SSSR count). The molecule has 146 valence electrons. The van der Waals surface area contributed by atoms with Crippen molar-refractivity contribution in [1.29, 1.82) is 0 Å². The van der Waals surface area contributed by atoms with Gasteiger partial charge in [-0.2, -0.15) is 0 Å². The van der Waals surface area contributed by atoms with E-state index in [0.29, 0.717) is 5.88 Å². The Labute approximate surface area is 167 Å². The Morgan fingerprint density at radius 1 is 1.00 bits per heavy atom. The molecule has 4 heteroatoms. The zero-order chi connectivity index (χ0) is 20.3. The van der Waals surface area contributed by atoms with Gasteiger partial charge in [-0.05, 0) is 65.3 Å². The van der Waals surface area contributed by atoms with Gasteiger partial charge in [0.05, 0.1) is 7.11 Å². The first-order valence-corrected chi connectivity index (χ1v) is 9.49. The summed E-state index contributed by atoms with van der Waals surface area (Å²) in [7, 11) is 1.60. The summed E-state index contributed by atoms with van der Waals surface area (Å²) in [5, 5.41) is 11.1. The van der Waals surface area contributed by atoms with E-state index in [-0.39, 0.29) is 11.2 Å². The molecule has 3 aromatic rings. The lowest BCUT2D eigenvalue weighted by Gasteiger charge is -2.23. The van der Waals surface area contributed by atoms with Crippen LogP contribution in [0.25, 0.3) is 11.1 Å². The van der Waals surface area contributed by atoms with Crippen LogP contribution in [0.2, 0.25) is 0 Å². The number of hydrogen-bond donors (Lipinski definition) is 2. The van der Waals surface area contributed by atoms with Gasteiger partial charge in [-0.15, -0.1) is 0 Å². The molecule has 28 heavy (non-hydrogen) atoms. The molecule has 0 amide bonds. The van der Waals surface area contributed by atoms with Crippen molar-refractivity contribution in [2.75, 3.05) is 12.8 Å². The lowest BCUT2D eigenvalue weighted by Crippen LogP contribution is -2.12. The van der Waals surface area contributed by atoms with E-state index in [1.54, 1.807) is 13.3 Å². The van der Waals surface area contributed by atoms with Crippen LogP contribution in [-0.4, -0.2) is 17.2 Å². The molecular weight excluding hydrogens is 348 g/mol. The minimum absolute atomic E-state index is 0.0478. The topological polar surface area (TPSA) is 68.4 Å². The van der Waals surface area contributed by atoms with Crippen molar-refractivity contribution in [2.45, 2.75) is 39.0 Å². The Balaban J connectivity index is 2.05. The number of aromatic nitrogens is 1. The van der Waals surface area contributed by atoms with Crippen molar-refractivity contribution in [3.8, 4) is 22.8 Å². The maximum atomic E-state index is 11.1. The van der Waals surface area contributed by atoms with Gasteiger partial charge >= 0.3 is 0 Å². The Hall–Kier alpha value is -3.01. The molecular formula is C24H28N2O2. The molecule has 0 spiro atoms. The highest BCUT2D eigenvalue weighted by molar-refractivity contribution is 5.76. The van der Waals surface area contributed by atoms with E-state index >= 15 is 0 Å². The van der Waals surface area contributed by atoms with E-state index in [0.717, 1.165) is 35.2 Å². The average Bonchev–Trinajstić information content (AvgIpc) is 2.67. The summed E-state index contributed by atoms with van der Waals surface area (Å²) in [5.74, 6) is 0.795. The van der Waals surface area contributed by atoms with Crippen molar-refractivity contribution in [2.24, 2.45) is 0 Å². The fourth-order valence-electron chi connectivity index (χ4n) is 3.25. The fraction of sp³-hybridized carbons (Fsp3) is 0.292. The summed E-state index contributed by atoms with van der Waals surface area (Å²) in [4.78, 5) is 4.29. The lowest BCUT2D eigenvalue weighted by atomic mass is 9.83. The monoisotopic (exact) mass is 376 g/mol. The summed E-state index contributed by atoms with van der Waals surface area (Å²) in [6.45, 7) is 6.52. The zero-order valence-corrected chi connectivity index (χ0v) is 17.0. The van der Waals surface area contributed by atoms with Crippen LogP contribution in [0.3, 0.4) is 0 Å². The van der Waals surface area contributed by atoms with Crippen LogP contribution in [0.4, 0.5) is 5.69 Å². The van der Waals surface area contributed by atoms with Crippen molar-refractivity contribution in [3.05, 3.63) is 71.4 Å². The molecule has 0 atom stereocenters. The molecule has 0 aliphatic heterocycles. The number of benzene rings is 2. The predicted molar refractivity (Wildman–Crippen MR) is 115 cm³/mol. The average molecular weight is 377 g/mol. The van der Waals surface area contributed by atoms with Crippen molar-refractivity contribution >= 4 is 5.69 Å². The molecule has 0 fully saturated rings. The third-order valence-corrected chi connectivity index (χ3v) is 4.97. The second kappa shape index (κ2) is 7.93. The maximum Gasteiger partial charge on any atom is 0.221 e. The minimum atomic E-state index is -0.0478. The van der Waals surface area contributed by atoms with E-state index in [2.05, 4.69) is 31.8 Å². The number of hydrogen-bond acceptors (Lipinski definition) is 4. The number of aromatic hydroxyl groups is 1. The number of rotatable bonds is 5. The molecule has 4 nitrogen and oxygen atoms in total. The van der Waals surface area contributed by atoms with Crippen molar-refractivity contribution in [1.82, 2.24) is 4.98 Å². The minimum Gasteiger partial charge on any atom is -0.507 e. The zero-order valence-electron chi connectivity index (χ0n) is 17.0. The largest absolute Gasteiger partial charge is 0.507 e. The Bertz CT molecular complexity index is 957. The molecule has 1 aromatic heterocycles. The number of ether oxygens (including phenoxy) is 1. The highest BCUT2D eigenvalue weighted by Crippen LogP contribution is 2.40. The van der Waals surface area contributed by atoms with Crippen LogP contribution in [0.15, 0.2) is 54.7 Å². The van der Waals surface area contributed by atoms with Gasteiger partial charge in [-0.25, -0.2) is 4.98 Å². The molecule has 0 aliphatic carbocycles. The van der Waals surface area contributed by atoms with Crippen LogP contribution in [0.1, 0.15) is 37.5 Å². The van der Waals surface area contributed by atoms with Crippen LogP contribution in [-0.2, 0) is 18.3 Å². The van der Waals surface area contributed by atoms with Gasteiger partial charge in [0.25, 0.3) is 0 Å². The van der Waals surface area contributed by atoms with E-state index in [1.807, 2.05) is 42.5 Å². The van der Waals surface area contributed by atoms with Crippen molar-refractivity contribution < 1.29 is 9.84 Å². The normalized spacial score (nSPS) is 11.4. The van der Waals surface area contributed by atoms with Crippen LogP contribution < -0.4 is 10.5 Å². The highest BCUT2D eigenvalue weighted by Gasteiger charge is 2.21. The molecule has 0 unspecified atom stereocenters. The quantitative estimate of drug-likeness (QED) is 0.606. The number of nitrogens with two attached hydrogens (primary N) is 1. The van der Waals surface area contributed by atoms with Gasteiger partial charge in [0, 0.05) is 23.0 Å². The summed E-state index contributed by atoms with van der Waals surface area (Å²) < 4.78 is 5.43. The summed E-state index contributed by atoms with van der Waals surface area (Å²) >= 11 is 0. The summed E-state index contributed by atoms with van der Waals surface area (Å²) in [6.07, 6.45) is 3.25. The molecule has 0 aliphatic rings. The Morgan fingerprint density at radius 3 is 2.36 bits per heavy atom. The van der Waals surface area contributed by atoms with Crippen molar-refractivity contribution in [3.63, 3.8) is 0 Å². The summed E-state index contributed by atoms with van der Waals surface area (Å²) in [6, 6.07) is 15.8. The first-order chi connectivity index (χ1) is 13.3. The maximum absolute atomic E-state index is 11.1. The molecule has 0 saturated carbocycles. The first-order valence-electron chi connectivity index (χ1n) is 9.49. The number of phenols is 1. The first kappa shape index (κ1) is 19.7. The Morgan fingerprint density at radius 2 is 1.71 bits per heavy atom. The lowest BCUT2D eigenvalue weighted by molar-refractivity contribution is 0.399. The van der Waals surface area contributed by atoms with E-state index in [9.17, 15) is 5.11 Å². The van der Waals surface area contributed by atoms with E-state index in [4.69, 9.17) is 10.5 Å². The van der Waals surface area contributed by atoms with E-state index < -0.39 is 0 Å². The standard InChI is InChI=1S/C24H28N2O2/c1-24(2,3)18-14-17(10-7-16-8-11-19(25)12-9-16)22(27)21(15-18)20-6-5-13-26-23(20)28-4/h5-6,8-9,11-15,27H,7,10,25H2,1-4H3. The third kappa shape index (κ3) is 4.28. The SMILES string of the molecule is COc1ncccc1-c1cc(C(C)(C)C)cc(CCc2ccc(N)cc2)c1O. The number of nitrogen functional groups attached to an aromatic ring is 1. The van der Waals surface area contributed by atoms with Gasteiger partial charge in [0.2, 0.25) is 5.88 Å². The van der Waals surface area contributed by atoms with Gasteiger partial charge in [0.15, 0.2) is 0 Å². The Kier molecular flexibility index (Phi) is 5.59. The number of methoxy groups -OCH3 is 1. The van der Waals surface area contributed by atoms with Crippen LogP contribution in [0.5, 0.6) is 11.6 Å². The number of phenolic OH excluding ortho intramolecular Hbond substituents is 1. The predicted octanol–water partition coefficient (Wildman–Crippen LogP) is 5.13. The second-order valence-electron chi connectivity index (χ2n) is 8.08. The molecule has 0 radical (unpaired) electrons. The molecule has 0 saturated heterocycles. The smallest absolute Gasteiger partial charge is 0.221 e. The molecule has 1 heterocycles. The number of nitrogens with zero attached hydrogens (tertiary/aromatic N) is 1. The third-order valence-electron chi connectivity index (χ3n) is 4.97. The number of aryl methyl sites for hydroxylation is 2. The van der Waals surface area contributed by atoms with Gasteiger partial charge in [0.1, 0.15) is 5.75 Å². The van der Waals surface area contributed by atoms with E-state index in [1.165, 1.54) is 11.1 Å². The second-order valence-corrected chi connectivity index (χ2v) is 8.08. The van der Waals surface area contributed by atoms with Crippen LogP contribution >= 0.6 is 0 Å². The number of anilines is 1. The number of pyridine rings is 1. The highest BCUT2D eigenvalue weighted by atomic mass is 16.5. The molecule has 0 bridgehead atoms. The molecule has 3 N–H and O–H groups in total. The fourth-order valence-corrected chi connectivity index (χ4v) is 3.25. The molecule has 2 aromatic carbocycles. The van der Waals surface area contributed by atoms with Crippen LogP contribution in [0, 0.1) is 0 Å². The van der Waals surface area contributed by atoms with Gasteiger partial charge < -0.3 is 15.6 Å². The van der Waals surface area contributed by atoms with Gasteiger partial charge in [-0.1, -0.05) is 39.0 Å².